The minimum absolute atomic E-state index is 0.169. The molecule has 2 rings (SSSR count). The van der Waals surface area contributed by atoms with Gasteiger partial charge in [-0.2, -0.15) is 0 Å². The average molecular weight is 307 g/mol. The number of carbonyl (C=O) groups is 2. The van der Waals surface area contributed by atoms with Gasteiger partial charge < -0.3 is 4.74 Å². The number of imidazole rings is 1. The molecule has 7 heteroatoms. The molecule has 0 saturated heterocycles. The zero-order valence-corrected chi connectivity index (χ0v) is 13.0. The number of carbonyl (C=O) groups excluding carboxylic acids is 2. The van der Waals surface area contributed by atoms with Crippen LogP contribution in [0, 0.1) is 0 Å². The molecule has 1 aromatic carbocycles. The first-order chi connectivity index (χ1) is 10.1. The minimum atomic E-state index is -0.659. The van der Waals surface area contributed by atoms with Crippen molar-refractivity contribution in [2.24, 2.45) is 0 Å². The van der Waals surface area contributed by atoms with Gasteiger partial charge in [-0.3, -0.25) is 10.1 Å². The number of aromatic nitrogens is 2. The van der Waals surface area contributed by atoms with Gasteiger partial charge in [0, 0.05) is 11.8 Å². The number of amides is 1. The molecule has 0 unspecified atom stereocenters. The van der Waals surface area contributed by atoms with Gasteiger partial charge in [0.25, 0.3) is 0 Å². The van der Waals surface area contributed by atoms with E-state index in [2.05, 4.69) is 22.0 Å². The average Bonchev–Trinajstić information content (AvgIpc) is 2.81. The van der Waals surface area contributed by atoms with Crippen LogP contribution in [0.1, 0.15) is 25.1 Å². The molecule has 2 aromatic rings. The fraction of sp³-hybridized carbons (Fsp3) is 0.357. The third-order valence-electron chi connectivity index (χ3n) is 2.81. The summed E-state index contributed by atoms with van der Waals surface area (Å²) in [5, 5.41) is 2.46. The highest BCUT2D eigenvalue weighted by Crippen LogP contribution is 2.26. The van der Waals surface area contributed by atoms with Gasteiger partial charge in [0.1, 0.15) is 0 Å². The maximum absolute atomic E-state index is 11.8. The number of ether oxygens (including phenoxy) is 1. The van der Waals surface area contributed by atoms with Gasteiger partial charge in [-0.05, 0) is 30.4 Å². The molecule has 0 aliphatic rings. The summed E-state index contributed by atoms with van der Waals surface area (Å²) in [6.45, 7) is 3.54. The lowest BCUT2D eigenvalue weighted by atomic mass is 10.3. The van der Waals surface area contributed by atoms with Crippen LogP contribution < -0.4 is 5.32 Å². The quantitative estimate of drug-likeness (QED) is 0.877. The number of anilines is 1. The van der Waals surface area contributed by atoms with Crippen molar-refractivity contribution in [1.29, 1.82) is 0 Å². The lowest BCUT2D eigenvalue weighted by Gasteiger charge is -2.05. The smallest absolute Gasteiger partial charge is 0.413 e. The highest BCUT2D eigenvalue weighted by Gasteiger charge is 2.16. The molecule has 1 aromatic heterocycles. The lowest BCUT2D eigenvalue weighted by Crippen LogP contribution is -2.17. The monoisotopic (exact) mass is 307 g/mol. The van der Waals surface area contributed by atoms with Crippen molar-refractivity contribution >= 4 is 40.7 Å². The van der Waals surface area contributed by atoms with E-state index in [0.717, 1.165) is 17.1 Å². The van der Waals surface area contributed by atoms with E-state index in [1.807, 2.05) is 18.2 Å². The summed E-state index contributed by atoms with van der Waals surface area (Å²) in [5.74, 6) is 0.964. The molecule has 0 atom stereocenters. The predicted molar refractivity (Wildman–Crippen MR) is 83.1 cm³/mol. The van der Waals surface area contributed by atoms with Crippen LogP contribution in [0.2, 0.25) is 0 Å². The summed E-state index contributed by atoms with van der Waals surface area (Å²) in [4.78, 5) is 28.5. The molecule has 0 bridgehead atoms. The summed E-state index contributed by atoms with van der Waals surface area (Å²) in [7, 11) is 1.26. The van der Waals surface area contributed by atoms with E-state index >= 15 is 0 Å². The highest BCUT2D eigenvalue weighted by atomic mass is 32.2. The first kappa shape index (κ1) is 15.4. The fourth-order valence-electron chi connectivity index (χ4n) is 1.91. The summed E-state index contributed by atoms with van der Waals surface area (Å²) in [6.07, 6.45) is 0.424. The maximum Gasteiger partial charge on any atom is 0.413 e. The van der Waals surface area contributed by atoms with E-state index in [1.54, 1.807) is 11.8 Å². The second-order valence-electron chi connectivity index (χ2n) is 4.41. The molecule has 1 N–H and O–H groups in total. The van der Waals surface area contributed by atoms with Crippen molar-refractivity contribution in [3.63, 3.8) is 0 Å². The summed E-state index contributed by atoms with van der Waals surface area (Å²) in [5.41, 5.74) is 1.33. The Morgan fingerprint density at radius 2 is 2.19 bits per heavy atom. The number of methoxy groups -OCH3 is 1. The van der Waals surface area contributed by atoms with Gasteiger partial charge >= 0.3 is 6.09 Å². The van der Waals surface area contributed by atoms with Crippen LogP contribution in [0.25, 0.3) is 11.0 Å². The van der Waals surface area contributed by atoms with Gasteiger partial charge in [0.2, 0.25) is 11.9 Å². The zero-order chi connectivity index (χ0) is 15.4. The Balaban J connectivity index is 2.45. The van der Waals surface area contributed by atoms with Crippen molar-refractivity contribution in [1.82, 2.24) is 9.55 Å². The molecule has 21 heavy (non-hydrogen) atoms. The maximum atomic E-state index is 11.8. The molecule has 0 aliphatic carbocycles. The second kappa shape index (κ2) is 6.62. The van der Waals surface area contributed by atoms with Gasteiger partial charge in [0.15, 0.2) is 0 Å². The minimum Gasteiger partial charge on any atom is -0.453 e. The highest BCUT2D eigenvalue weighted by molar-refractivity contribution is 7.99. The number of hydrogen-bond donors (Lipinski definition) is 1. The Labute approximate surface area is 126 Å². The standard InChI is InChI=1S/C14H17N3O3S/c1-4-7-21-10-5-6-12-11(8-10)15-13(16-14(19)20-3)17(12)9(2)18/h5-6,8H,4,7H2,1-3H3,(H,15,16,19). The molecule has 0 fully saturated rings. The van der Waals surface area contributed by atoms with Crippen LogP contribution in [0.4, 0.5) is 10.7 Å². The topological polar surface area (TPSA) is 73.2 Å². The Kier molecular flexibility index (Phi) is 4.85. The number of hydrogen-bond acceptors (Lipinski definition) is 5. The molecular formula is C14H17N3O3S. The van der Waals surface area contributed by atoms with E-state index in [-0.39, 0.29) is 11.9 Å². The van der Waals surface area contributed by atoms with Crippen molar-refractivity contribution in [3.05, 3.63) is 18.2 Å². The molecule has 0 aliphatic heterocycles. The molecule has 1 amide bonds. The summed E-state index contributed by atoms with van der Waals surface area (Å²) in [6, 6.07) is 5.70. The third kappa shape index (κ3) is 3.36. The fourth-order valence-corrected chi connectivity index (χ4v) is 2.71. The predicted octanol–water partition coefficient (Wildman–Crippen LogP) is 3.38. The van der Waals surface area contributed by atoms with E-state index in [4.69, 9.17) is 0 Å². The van der Waals surface area contributed by atoms with Crippen LogP contribution in [0.3, 0.4) is 0 Å². The zero-order valence-electron chi connectivity index (χ0n) is 12.2. The van der Waals surface area contributed by atoms with Crippen LogP contribution in [-0.2, 0) is 4.74 Å². The van der Waals surface area contributed by atoms with Crippen molar-refractivity contribution < 1.29 is 14.3 Å². The summed E-state index contributed by atoms with van der Waals surface area (Å²) < 4.78 is 5.90. The number of fused-ring (bicyclic) bond motifs is 1. The number of rotatable bonds is 4. The molecule has 6 nitrogen and oxygen atoms in total. The van der Waals surface area contributed by atoms with Crippen molar-refractivity contribution in [2.75, 3.05) is 18.2 Å². The van der Waals surface area contributed by atoms with Gasteiger partial charge in [-0.1, -0.05) is 6.92 Å². The number of thioether (sulfide) groups is 1. The van der Waals surface area contributed by atoms with E-state index in [1.165, 1.54) is 18.6 Å². The molecule has 0 spiro atoms. The Morgan fingerprint density at radius 1 is 1.43 bits per heavy atom. The Hall–Kier alpha value is -2.02. The van der Waals surface area contributed by atoms with Gasteiger partial charge in [-0.15, -0.1) is 11.8 Å². The van der Waals surface area contributed by atoms with E-state index in [0.29, 0.717) is 11.0 Å². The van der Waals surface area contributed by atoms with Crippen LogP contribution >= 0.6 is 11.8 Å². The Morgan fingerprint density at radius 3 is 2.81 bits per heavy atom. The lowest BCUT2D eigenvalue weighted by molar-refractivity contribution is 0.0943. The molecule has 1 heterocycles. The van der Waals surface area contributed by atoms with E-state index in [9.17, 15) is 9.59 Å². The van der Waals surface area contributed by atoms with Crippen LogP contribution in [0.15, 0.2) is 23.1 Å². The first-order valence-electron chi connectivity index (χ1n) is 6.58. The van der Waals surface area contributed by atoms with Crippen LogP contribution in [-0.4, -0.2) is 34.4 Å². The number of nitrogens with zero attached hydrogens (tertiary/aromatic N) is 2. The number of nitrogens with one attached hydrogen (secondary N) is 1. The normalized spacial score (nSPS) is 10.6. The molecule has 0 saturated carbocycles. The van der Waals surface area contributed by atoms with Gasteiger partial charge in [-0.25, -0.2) is 14.3 Å². The first-order valence-corrected chi connectivity index (χ1v) is 7.56. The molecular weight excluding hydrogens is 290 g/mol. The number of benzene rings is 1. The molecule has 112 valence electrons. The van der Waals surface area contributed by atoms with Crippen molar-refractivity contribution in [3.8, 4) is 0 Å². The largest absolute Gasteiger partial charge is 0.453 e. The third-order valence-corrected chi connectivity index (χ3v) is 4.01. The summed E-state index contributed by atoms with van der Waals surface area (Å²) >= 11 is 1.73. The second-order valence-corrected chi connectivity index (χ2v) is 5.57. The van der Waals surface area contributed by atoms with E-state index < -0.39 is 6.09 Å². The SMILES string of the molecule is CCCSc1ccc2c(c1)nc(NC(=O)OC)n2C(C)=O. The van der Waals surface area contributed by atoms with Crippen LogP contribution in [0.5, 0.6) is 0 Å². The van der Waals surface area contributed by atoms with Crippen molar-refractivity contribution in [2.45, 2.75) is 25.2 Å². The Bertz CT molecular complexity index is 681. The molecule has 0 radical (unpaired) electrons. The van der Waals surface area contributed by atoms with Gasteiger partial charge in [0.05, 0.1) is 18.1 Å².